The van der Waals surface area contributed by atoms with Crippen LogP contribution in [-0.4, -0.2) is 47.1 Å². The molecule has 32 heavy (non-hydrogen) atoms. The lowest BCUT2D eigenvalue weighted by atomic mass is 9.96. The van der Waals surface area contributed by atoms with Crippen molar-refractivity contribution in [2.75, 3.05) is 25.6 Å². The van der Waals surface area contributed by atoms with E-state index in [1.54, 1.807) is 37.3 Å². The van der Waals surface area contributed by atoms with Crippen LogP contribution in [0.3, 0.4) is 0 Å². The van der Waals surface area contributed by atoms with Crippen LogP contribution in [0.15, 0.2) is 47.4 Å². The van der Waals surface area contributed by atoms with Gasteiger partial charge in [0.15, 0.2) is 0 Å². The average molecular weight is 461 g/mol. The van der Waals surface area contributed by atoms with E-state index in [1.807, 2.05) is 0 Å². The zero-order valence-electron chi connectivity index (χ0n) is 18.7. The number of nitrogens with zero attached hydrogens (tertiary/aromatic N) is 1. The van der Waals surface area contributed by atoms with E-state index in [0.29, 0.717) is 29.8 Å². The summed E-state index contributed by atoms with van der Waals surface area (Å²) in [5.74, 6) is -0.586. The van der Waals surface area contributed by atoms with E-state index in [4.69, 9.17) is 9.47 Å². The SMILES string of the molecule is COC(=O)C1(NC(=O)c2cc(S(=O)(=O)N(C)c3ccccc3OC)ccc2C)CCCC1. The van der Waals surface area contributed by atoms with Crippen LogP contribution < -0.4 is 14.4 Å². The van der Waals surface area contributed by atoms with Crippen LogP contribution >= 0.6 is 0 Å². The van der Waals surface area contributed by atoms with Crippen molar-refractivity contribution in [3.05, 3.63) is 53.6 Å². The Labute approximate surface area is 188 Å². The van der Waals surface area contributed by atoms with Crippen molar-refractivity contribution in [2.24, 2.45) is 0 Å². The van der Waals surface area contributed by atoms with Crippen LogP contribution in [-0.2, 0) is 19.6 Å². The van der Waals surface area contributed by atoms with Crippen LogP contribution in [0.1, 0.15) is 41.6 Å². The minimum atomic E-state index is -3.98. The average Bonchev–Trinajstić information content (AvgIpc) is 3.27. The summed E-state index contributed by atoms with van der Waals surface area (Å²) in [4.78, 5) is 25.4. The molecule has 0 aromatic heterocycles. The number of aryl methyl sites for hydroxylation is 1. The number of carbonyl (C=O) groups is 2. The number of carbonyl (C=O) groups excluding carboxylic acids is 2. The molecule has 3 rings (SSSR count). The summed E-state index contributed by atoms with van der Waals surface area (Å²) in [5.41, 5.74) is 0.0766. The Kier molecular flexibility index (Phi) is 6.78. The molecule has 1 fully saturated rings. The molecule has 0 bridgehead atoms. The van der Waals surface area contributed by atoms with Gasteiger partial charge in [0.05, 0.1) is 24.8 Å². The van der Waals surface area contributed by atoms with Crippen molar-refractivity contribution in [2.45, 2.75) is 43.0 Å². The second-order valence-electron chi connectivity index (χ2n) is 7.86. The first-order chi connectivity index (χ1) is 15.2. The van der Waals surface area contributed by atoms with Crippen molar-refractivity contribution in [1.82, 2.24) is 5.32 Å². The summed E-state index contributed by atoms with van der Waals surface area (Å²) in [6, 6.07) is 11.1. The number of benzene rings is 2. The van der Waals surface area contributed by atoms with Gasteiger partial charge in [0.25, 0.3) is 15.9 Å². The third kappa shape index (κ3) is 4.29. The van der Waals surface area contributed by atoms with Crippen LogP contribution in [0, 0.1) is 6.92 Å². The highest BCUT2D eigenvalue weighted by Crippen LogP contribution is 2.33. The van der Waals surface area contributed by atoms with Crippen LogP contribution in [0.5, 0.6) is 5.75 Å². The molecule has 2 aromatic rings. The van der Waals surface area contributed by atoms with Gasteiger partial charge < -0.3 is 14.8 Å². The van der Waals surface area contributed by atoms with Gasteiger partial charge >= 0.3 is 5.97 Å². The Morgan fingerprint density at radius 3 is 2.34 bits per heavy atom. The molecule has 0 heterocycles. The molecule has 0 aliphatic heterocycles. The zero-order chi connectivity index (χ0) is 23.5. The highest BCUT2D eigenvalue weighted by Gasteiger charge is 2.44. The maximum Gasteiger partial charge on any atom is 0.331 e. The number of amides is 1. The monoisotopic (exact) mass is 460 g/mol. The van der Waals surface area contributed by atoms with Gasteiger partial charge in [-0.25, -0.2) is 13.2 Å². The molecule has 1 aliphatic rings. The number of nitrogens with one attached hydrogen (secondary N) is 1. The van der Waals surface area contributed by atoms with Gasteiger partial charge in [0.1, 0.15) is 11.3 Å². The van der Waals surface area contributed by atoms with Gasteiger partial charge in [-0.1, -0.05) is 31.0 Å². The number of ether oxygens (including phenoxy) is 2. The molecule has 0 atom stereocenters. The maximum atomic E-state index is 13.3. The zero-order valence-corrected chi connectivity index (χ0v) is 19.5. The van der Waals surface area contributed by atoms with E-state index in [9.17, 15) is 18.0 Å². The van der Waals surface area contributed by atoms with E-state index in [2.05, 4.69) is 5.32 Å². The lowest BCUT2D eigenvalue weighted by molar-refractivity contribution is -0.148. The highest BCUT2D eigenvalue weighted by molar-refractivity contribution is 7.92. The summed E-state index contributed by atoms with van der Waals surface area (Å²) in [6.07, 6.45) is 2.57. The van der Waals surface area contributed by atoms with E-state index in [0.717, 1.165) is 17.1 Å². The first-order valence-electron chi connectivity index (χ1n) is 10.3. The van der Waals surface area contributed by atoms with Crippen molar-refractivity contribution in [3.8, 4) is 5.75 Å². The number of hydrogen-bond acceptors (Lipinski definition) is 6. The third-order valence-electron chi connectivity index (χ3n) is 5.92. The number of esters is 1. The number of para-hydroxylation sites is 2. The maximum absolute atomic E-state index is 13.3. The van der Waals surface area contributed by atoms with Crippen molar-refractivity contribution in [1.29, 1.82) is 0 Å². The number of sulfonamides is 1. The van der Waals surface area contributed by atoms with Crippen LogP contribution in [0.2, 0.25) is 0 Å². The summed E-state index contributed by atoms with van der Waals surface area (Å²) >= 11 is 0. The summed E-state index contributed by atoms with van der Waals surface area (Å²) < 4.78 is 37.9. The summed E-state index contributed by atoms with van der Waals surface area (Å²) in [6.45, 7) is 1.72. The second kappa shape index (κ2) is 9.20. The predicted octanol–water partition coefficient (Wildman–Crippen LogP) is 3.04. The van der Waals surface area contributed by atoms with Crippen molar-refractivity contribution < 1.29 is 27.5 Å². The van der Waals surface area contributed by atoms with E-state index < -0.39 is 27.4 Å². The third-order valence-corrected chi connectivity index (χ3v) is 7.69. The molecular weight excluding hydrogens is 432 g/mol. The Balaban J connectivity index is 1.96. The second-order valence-corrected chi connectivity index (χ2v) is 9.83. The van der Waals surface area contributed by atoms with Crippen molar-refractivity contribution >= 4 is 27.6 Å². The summed E-state index contributed by atoms with van der Waals surface area (Å²) in [7, 11) is 0.207. The standard InChI is InChI=1S/C23H28N2O6S/c1-16-11-12-17(32(28,29)25(2)19-9-5-6-10-20(19)30-3)15-18(16)21(26)24-23(22(27)31-4)13-7-8-14-23/h5-6,9-12,15H,7-8,13-14H2,1-4H3,(H,24,26). The van der Waals surface area contributed by atoms with Gasteiger partial charge in [0, 0.05) is 12.6 Å². The summed E-state index contributed by atoms with van der Waals surface area (Å²) in [5, 5.41) is 2.82. The lowest BCUT2D eigenvalue weighted by Gasteiger charge is -2.27. The van der Waals surface area contributed by atoms with Crippen LogP contribution in [0.4, 0.5) is 5.69 Å². The minimum absolute atomic E-state index is 0.0415. The smallest absolute Gasteiger partial charge is 0.331 e. The molecule has 2 aromatic carbocycles. The number of rotatable bonds is 7. The van der Waals surface area contributed by atoms with Crippen molar-refractivity contribution in [3.63, 3.8) is 0 Å². The minimum Gasteiger partial charge on any atom is -0.495 e. The quantitative estimate of drug-likeness (QED) is 0.637. The highest BCUT2D eigenvalue weighted by atomic mass is 32.2. The molecule has 1 amide bonds. The van der Waals surface area contributed by atoms with Gasteiger partial charge in [-0.05, 0) is 49.6 Å². The van der Waals surface area contributed by atoms with Crippen LogP contribution in [0.25, 0.3) is 0 Å². The molecule has 0 saturated heterocycles. The molecule has 0 spiro atoms. The molecular formula is C23H28N2O6S. The molecule has 8 nitrogen and oxygen atoms in total. The topological polar surface area (TPSA) is 102 Å². The molecule has 1 saturated carbocycles. The first-order valence-corrected chi connectivity index (χ1v) is 11.7. The van der Waals surface area contributed by atoms with Gasteiger partial charge in [-0.2, -0.15) is 0 Å². The Morgan fingerprint density at radius 2 is 1.72 bits per heavy atom. The predicted molar refractivity (Wildman–Crippen MR) is 120 cm³/mol. The number of methoxy groups -OCH3 is 2. The number of hydrogen-bond donors (Lipinski definition) is 1. The normalized spacial score (nSPS) is 15.1. The molecule has 0 radical (unpaired) electrons. The fourth-order valence-corrected chi connectivity index (χ4v) is 5.26. The van der Waals surface area contributed by atoms with Gasteiger partial charge in [0.2, 0.25) is 0 Å². The largest absolute Gasteiger partial charge is 0.495 e. The van der Waals surface area contributed by atoms with E-state index >= 15 is 0 Å². The molecule has 1 aliphatic carbocycles. The Morgan fingerprint density at radius 1 is 1.06 bits per heavy atom. The first kappa shape index (κ1) is 23.6. The fourth-order valence-electron chi connectivity index (χ4n) is 4.02. The Bertz CT molecular complexity index is 1120. The fraction of sp³-hybridized carbons (Fsp3) is 0.391. The lowest BCUT2D eigenvalue weighted by Crippen LogP contribution is -2.53. The van der Waals surface area contributed by atoms with E-state index in [-0.39, 0.29) is 10.5 Å². The molecule has 1 N–H and O–H groups in total. The molecule has 9 heteroatoms. The molecule has 172 valence electrons. The molecule has 0 unspecified atom stereocenters. The van der Waals surface area contributed by atoms with E-state index in [1.165, 1.54) is 33.4 Å². The Hall–Kier alpha value is -3.07. The van der Waals surface area contributed by atoms with Gasteiger partial charge in [-0.15, -0.1) is 0 Å². The van der Waals surface area contributed by atoms with Gasteiger partial charge in [-0.3, -0.25) is 9.10 Å². The number of anilines is 1.